The van der Waals surface area contributed by atoms with E-state index in [-0.39, 0.29) is 18.4 Å². The monoisotopic (exact) mass is 444 g/mol. The molecule has 0 aromatic heterocycles. The average Bonchev–Trinajstić information content (AvgIpc) is 2.74. The van der Waals surface area contributed by atoms with Gasteiger partial charge in [0.2, 0.25) is 0 Å². The molecule has 1 rings (SSSR count). The lowest BCUT2D eigenvalue weighted by Crippen LogP contribution is -2.11. The highest BCUT2D eigenvalue weighted by atomic mass is 19.2. The lowest BCUT2D eigenvalue weighted by Gasteiger charge is -2.07. The Morgan fingerprint density at radius 2 is 1.16 bits per heavy atom. The highest BCUT2D eigenvalue weighted by molar-refractivity contribution is 5.77. The Hall–Kier alpha value is -2.05. The topological polar surface area (TPSA) is 52.6 Å². The van der Waals surface area contributed by atoms with E-state index in [4.69, 9.17) is 9.47 Å². The van der Waals surface area contributed by atoms with Gasteiger partial charge in [0.1, 0.15) is 12.4 Å². The third-order valence-electron chi connectivity index (χ3n) is 5.02. The van der Waals surface area contributed by atoms with Crippen LogP contribution < -0.4 is 0 Å². The van der Waals surface area contributed by atoms with E-state index in [1.165, 1.54) is 51.4 Å². The molecule has 0 radical (unpaired) electrons. The van der Waals surface area contributed by atoms with Gasteiger partial charge in [0, 0.05) is 11.6 Å². The SMILES string of the molecule is CCCCCCCCCCCCCOC(=O)CCC(=O)OCc1cc(F)c(F)cc1F. The maximum absolute atomic E-state index is 13.5. The summed E-state index contributed by atoms with van der Waals surface area (Å²) in [5.41, 5.74) is -0.272. The number of unbranched alkanes of at least 4 members (excludes halogenated alkanes) is 10. The second-order valence-electron chi connectivity index (χ2n) is 7.77. The first kappa shape index (κ1) is 27.0. The lowest BCUT2D eigenvalue weighted by molar-refractivity contribution is -0.151. The summed E-state index contributed by atoms with van der Waals surface area (Å²) >= 11 is 0. The van der Waals surface area contributed by atoms with Gasteiger partial charge in [-0.15, -0.1) is 0 Å². The number of rotatable bonds is 17. The largest absolute Gasteiger partial charge is 0.466 e. The van der Waals surface area contributed by atoms with Gasteiger partial charge in [-0.25, -0.2) is 13.2 Å². The number of hydrogen-bond donors (Lipinski definition) is 0. The van der Waals surface area contributed by atoms with Gasteiger partial charge >= 0.3 is 11.9 Å². The molecular formula is C24H35F3O4. The van der Waals surface area contributed by atoms with Crippen molar-refractivity contribution in [1.29, 1.82) is 0 Å². The molecule has 7 heteroatoms. The Kier molecular flexibility index (Phi) is 14.5. The van der Waals surface area contributed by atoms with Crippen molar-refractivity contribution in [1.82, 2.24) is 0 Å². The van der Waals surface area contributed by atoms with Gasteiger partial charge in [-0.2, -0.15) is 0 Å². The molecule has 0 spiro atoms. The zero-order chi connectivity index (χ0) is 22.9. The highest BCUT2D eigenvalue weighted by Crippen LogP contribution is 2.15. The predicted octanol–water partition coefficient (Wildman–Crippen LogP) is 6.78. The van der Waals surface area contributed by atoms with Crippen LogP contribution in [0, 0.1) is 17.5 Å². The van der Waals surface area contributed by atoms with Crippen molar-refractivity contribution in [2.45, 2.75) is 97.0 Å². The predicted molar refractivity (Wildman–Crippen MR) is 113 cm³/mol. The molecule has 0 aliphatic rings. The van der Waals surface area contributed by atoms with Crippen LogP contribution >= 0.6 is 0 Å². The van der Waals surface area contributed by atoms with Gasteiger partial charge in [0.05, 0.1) is 19.4 Å². The second-order valence-corrected chi connectivity index (χ2v) is 7.77. The molecule has 0 atom stereocenters. The van der Waals surface area contributed by atoms with Crippen LogP contribution in [-0.2, 0) is 25.7 Å². The van der Waals surface area contributed by atoms with Crippen LogP contribution in [0.3, 0.4) is 0 Å². The maximum Gasteiger partial charge on any atom is 0.306 e. The molecule has 176 valence electrons. The number of halogens is 3. The molecule has 0 heterocycles. The van der Waals surface area contributed by atoms with E-state index >= 15 is 0 Å². The Bertz CT molecular complexity index is 664. The molecular weight excluding hydrogens is 409 g/mol. The van der Waals surface area contributed by atoms with Crippen molar-refractivity contribution in [3.8, 4) is 0 Å². The van der Waals surface area contributed by atoms with E-state index < -0.39 is 36.0 Å². The van der Waals surface area contributed by atoms with Crippen molar-refractivity contribution in [2.75, 3.05) is 6.61 Å². The van der Waals surface area contributed by atoms with Crippen LogP contribution in [0.25, 0.3) is 0 Å². The molecule has 31 heavy (non-hydrogen) atoms. The number of esters is 2. The molecule has 4 nitrogen and oxygen atoms in total. The Labute approximate surface area is 183 Å². The van der Waals surface area contributed by atoms with Gasteiger partial charge in [-0.1, -0.05) is 71.1 Å². The summed E-state index contributed by atoms with van der Waals surface area (Å²) in [5, 5.41) is 0. The van der Waals surface area contributed by atoms with Crippen molar-refractivity contribution in [2.24, 2.45) is 0 Å². The minimum atomic E-state index is -1.31. The zero-order valence-corrected chi connectivity index (χ0v) is 18.5. The first-order valence-corrected chi connectivity index (χ1v) is 11.4. The third kappa shape index (κ3) is 13.1. The van der Waals surface area contributed by atoms with Gasteiger partial charge in [0.25, 0.3) is 0 Å². The average molecular weight is 445 g/mol. The first-order valence-electron chi connectivity index (χ1n) is 11.4. The molecule has 1 aromatic carbocycles. The van der Waals surface area contributed by atoms with E-state index in [1.54, 1.807) is 0 Å². The minimum Gasteiger partial charge on any atom is -0.466 e. The fourth-order valence-electron chi connectivity index (χ4n) is 3.13. The molecule has 1 aromatic rings. The van der Waals surface area contributed by atoms with Gasteiger partial charge < -0.3 is 9.47 Å². The summed E-state index contributed by atoms with van der Waals surface area (Å²) in [6.07, 6.45) is 12.9. The normalized spacial score (nSPS) is 10.8. The molecule has 0 saturated carbocycles. The Morgan fingerprint density at radius 1 is 0.677 bits per heavy atom. The van der Waals surface area contributed by atoms with E-state index in [1.807, 2.05) is 0 Å². The van der Waals surface area contributed by atoms with Crippen molar-refractivity contribution in [3.63, 3.8) is 0 Å². The molecule has 0 aliphatic carbocycles. The second kappa shape index (κ2) is 16.6. The molecule has 0 saturated heterocycles. The molecule has 0 amide bonds. The maximum atomic E-state index is 13.5. The van der Waals surface area contributed by atoms with E-state index in [0.717, 1.165) is 19.3 Å². The van der Waals surface area contributed by atoms with Crippen molar-refractivity contribution >= 4 is 11.9 Å². The quantitative estimate of drug-likeness (QED) is 0.151. The van der Waals surface area contributed by atoms with Crippen LogP contribution in [0.15, 0.2) is 12.1 Å². The number of ether oxygens (including phenoxy) is 2. The molecule has 0 N–H and O–H groups in total. The highest BCUT2D eigenvalue weighted by Gasteiger charge is 2.13. The van der Waals surface area contributed by atoms with Crippen LogP contribution in [0.1, 0.15) is 96.0 Å². The van der Waals surface area contributed by atoms with Gasteiger partial charge in [0.15, 0.2) is 11.6 Å². The van der Waals surface area contributed by atoms with Crippen LogP contribution in [0.2, 0.25) is 0 Å². The van der Waals surface area contributed by atoms with Crippen molar-refractivity contribution in [3.05, 3.63) is 35.1 Å². The standard InChI is InChI=1S/C24H35F3O4/c1-2-3-4-5-6-7-8-9-10-11-12-15-30-23(28)13-14-24(29)31-18-19-16-21(26)22(27)17-20(19)25/h16-17H,2-15,18H2,1H3. The van der Waals surface area contributed by atoms with Crippen LogP contribution in [-0.4, -0.2) is 18.5 Å². The summed E-state index contributed by atoms with van der Waals surface area (Å²) in [6, 6.07) is 1.03. The molecule has 0 aliphatic heterocycles. The smallest absolute Gasteiger partial charge is 0.306 e. The molecule has 0 bridgehead atoms. The van der Waals surface area contributed by atoms with Gasteiger partial charge in [-0.05, 0) is 12.5 Å². The number of carbonyl (C=O) groups is 2. The Morgan fingerprint density at radius 3 is 1.74 bits per heavy atom. The Balaban J connectivity index is 1.99. The number of carbonyl (C=O) groups excluding carboxylic acids is 2. The summed E-state index contributed by atoms with van der Waals surface area (Å²) in [4.78, 5) is 23.3. The van der Waals surface area contributed by atoms with E-state index in [9.17, 15) is 22.8 Å². The zero-order valence-electron chi connectivity index (χ0n) is 18.5. The van der Waals surface area contributed by atoms with Crippen LogP contribution in [0.5, 0.6) is 0 Å². The fourth-order valence-corrected chi connectivity index (χ4v) is 3.13. The fraction of sp³-hybridized carbons (Fsp3) is 0.667. The molecule has 0 fully saturated rings. The minimum absolute atomic E-state index is 0.142. The third-order valence-corrected chi connectivity index (χ3v) is 5.02. The van der Waals surface area contributed by atoms with Crippen molar-refractivity contribution < 1.29 is 32.2 Å². The van der Waals surface area contributed by atoms with E-state index in [0.29, 0.717) is 18.7 Å². The molecule has 0 unspecified atom stereocenters. The summed E-state index contributed by atoms with van der Waals surface area (Å²) in [6.45, 7) is 2.01. The summed E-state index contributed by atoms with van der Waals surface area (Å²) in [7, 11) is 0. The summed E-state index contributed by atoms with van der Waals surface area (Å²) < 4.78 is 49.3. The van der Waals surface area contributed by atoms with Crippen LogP contribution in [0.4, 0.5) is 13.2 Å². The van der Waals surface area contributed by atoms with Gasteiger partial charge in [-0.3, -0.25) is 9.59 Å². The number of benzene rings is 1. The number of hydrogen-bond acceptors (Lipinski definition) is 4. The van der Waals surface area contributed by atoms with E-state index in [2.05, 4.69) is 6.92 Å². The lowest BCUT2D eigenvalue weighted by atomic mass is 10.1. The summed E-state index contributed by atoms with van der Waals surface area (Å²) in [5.74, 6) is -4.77. The first-order chi connectivity index (χ1) is 14.9.